The molecule has 0 spiro atoms. The van der Waals surface area contributed by atoms with E-state index in [9.17, 15) is 13.2 Å². The van der Waals surface area contributed by atoms with Crippen molar-refractivity contribution < 1.29 is 13.2 Å². The van der Waals surface area contributed by atoms with Crippen LogP contribution in [0.2, 0.25) is 0 Å². The molecule has 1 aliphatic rings. The van der Waals surface area contributed by atoms with E-state index < -0.39 is 9.84 Å². The van der Waals surface area contributed by atoms with Crippen LogP contribution in [0, 0.1) is 6.92 Å². The minimum absolute atomic E-state index is 0.0150. The Morgan fingerprint density at radius 3 is 2.61 bits per heavy atom. The monoisotopic (exact) mass is 334 g/mol. The van der Waals surface area contributed by atoms with Gasteiger partial charge in [0.1, 0.15) is 0 Å². The molecule has 8 heteroatoms. The first-order valence-corrected chi connectivity index (χ1v) is 9.16. The van der Waals surface area contributed by atoms with E-state index in [4.69, 9.17) is 0 Å². The van der Waals surface area contributed by atoms with Crippen molar-refractivity contribution in [2.75, 3.05) is 18.6 Å². The molecule has 1 aromatic heterocycles. The van der Waals surface area contributed by atoms with Crippen LogP contribution < -0.4 is 0 Å². The van der Waals surface area contributed by atoms with Crippen molar-refractivity contribution in [3.05, 3.63) is 41.7 Å². The molecule has 1 atom stereocenters. The van der Waals surface area contributed by atoms with Gasteiger partial charge >= 0.3 is 0 Å². The SMILES string of the molecule is Cc1c(C(=O)N(C)C2CCS(=O)(=O)C2)nnn1-c1ccccc1. The second-order valence-electron chi connectivity index (χ2n) is 5.74. The zero-order valence-electron chi connectivity index (χ0n) is 13.0. The van der Waals surface area contributed by atoms with E-state index in [1.165, 1.54) is 4.90 Å². The summed E-state index contributed by atoms with van der Waals surface area (Å²) in [6, 6.07) is 9.12. The van der Waals surface area contributed by atoms with Crippen LogP contribution in [0.1, 0.15) is 22.6 Å². The Morgan fingerprint density at radius 2 is 2.00 bits per heavy atom. The molecular formula is C15H18N4O3S. The van der Waals surface area contributed by atoms with Crippen molar-refractivity contribution >= 4 is 15.7 Å². The lowest BCUT2D eigenvalue weighted by Gasteiger charge is -2.22. The zero-order valence-corrected chi connectivity index (χ0v) is 13.8. The lowest BCUT2D eigenvalue weighted by molar-refractivity contribution is 0.0741. The summed E-state index contributed by atoms with van der Waals surface area (Å²) in [5.74, 6) is -0.154. The number of hydrogen-bond acceptors (Lipinski definition) is 5. The van der Waals surface area contributed by atoms with Crippen LogP contribution in [0.15, 0.2) is 30.3 Å². The molecule has 122 valence electrons. The van der Waals surface area contributed by atoms with E-state index in [0.717, 1.165) is 5.69 Å². The van der Waals surface area contributed by atoms with Crippen molar-refractivity contribution in [1.82, 2.24) is 19.9 Å². The van der Waals surface area contributed by atoms with Crippen LogP contribution in [0.4, 0.5) is 0 Å². The molecule has 1 saturated heterocycles. The summed E-state index contributed by atoms with van der Waals surface area (Å²) in [7, 11) is -1.42. The molecule has 0 N–H and O–H groups in total. The van der Waals surface area contributed by atoms with Gasteiger partial charge in [-0.05, 0) is 25.5 Å². The fraction of sp³-hybridized carbons (Fsp3) is 0.400. The normalized spacial score (nSPS) is 19.7. The molecule has 1 amide bonds. The molecule has 1 aromatic carbocycles. The molecule has 23 heavy (non-hydrogen) atoms. The summed E-state index contributed by atoms with van der Waals surface area (Å²) in [6.45, 7) is 1.78. The van der Waals surface area contributed by atoms with Crippen molar-refractivity contribution in [1.29, 1.82) is 0 Å². The minimum Gasteiger partial charge on any atom is -0.336 e. The van der Waals surface area contributed by atoms with Gasteiger partial charge in [-0.2, -0.15) is 0 Å². The summed E-state index contributed by atoms with van der Waals surface area (Å²) < 4.78 is 24.8. The average molecular weight is 334 g/mol. The number of rotatable bonds is 3. The summed E-state index contributed by atoms with van der Waals surface area (Å²) in [6.07, 6.45) is 0.469. The molecule has 2 heterocycles. The zero-order chi connectivity index (χ0) is 16.6. The van der Waals surface area contributed by atoms with Gasteiger partial charge in [0.15, 0.2) is 15.5 Å². The highest BCUT2D eigenvalue weighted by atomic mass is 32.2. The fourth-order valence-electron chi connectivity index (χ4n) is 2.75. The molecule has 0 saturated carbocycles. The lowest BCUT2D eigenvalue weighted by atomic mass is 10.2. The summed E-state index contributed by atoms with van der Waals surface area (Å²) in [4.78, 5) is 14.1. The van der Waals surface area contributed by atoms with E-state index in [1.807, 2.05) is 30.3 Å². The van der Waals surface area contributed by atoms with Gasteiger partial charge in [0.05, 0.1) is 22.9 Å². The Morgan fingerprint density at radius 1 is 1.30 bits per heavy atom. The van der Waals surface area contributed by atoms with Crippen LogP contribution in [-0.4, -0.2) is 58.8 Å². The predicted octanol–water partition coefficient (Wildman–Crippen LogP) is 0.835. The number of benzene rings is 1. The number of carbonyl (C=O) groups excluding carboxylic acids is 1. The second-order valence-corrected chi connectivity index (χ2v) is 7.97. The number of amides is 1. The molecule has 0 radical (unpaired) electrons. The third-order valence-corrected chi connectivity index (χ3v) is 5.92. The standard InChI is InChI=1S/C15H18N4O3S/c1-11-14(16-17-19(11)12-6-4-3-5-7-12)15(20)18(2)13-8-9-23(21,22)10-13/h3-7,13H,8-10H2,1-2H3. The number of para-hydroxylation sites is 1. The second kappa shape index (κ2) is 5.77. The maximum absolute atomic E-state index is 12.6. The number of sulfone groups is 1. The van der Waals surface area contributed by atoms with Gasteiger partial charge in [0.25, 0.3) is 5.91 Å². The van der Waals surface area contributed by atoms with Crippen molar-refractivity contribution in [2.45, 2.75) is 19.4 Å². The third kappa shape index (κ3) is 2.98. The van der Waals surface area contributed by atoms with E-state index in [0.29, 0.717) is 12.1 Å². The van der Waals surface area contributed by atoms with Gasteiger partial charge in [0.2, 0.25) is 0 Å². The Bertz CT molecular complexity index is 830. The largest absolute Gasteiger partial charge is 0.336 e. The number of nitrogens with zero attached hydrogens (tertiary/aromatic N) is 4. The van der Waals surface area contributed by atoms with Gasteiger partial charge < -0.3 is 4.90 Å². The highest BCUT2D eigenvalue weighted by molar-refractivity contribution is 7.91. The van der Waals surface area contributed by atoms with Crippen LogP contribution in [0.3, 0.4) is 0 Å². The van der Waals surface area contributed by atoms with Gasteiger partial charge in [-0.1, -0.05) is 23.4 Å². The highest BCUT2D eigenvalue weighted by Gasteiger charge is 2.34. The molecule has 7 nitrogen and oxygen atoms in total. The van der Waals surface area contributed by atoms with Crippen LogP contribution >= 0.6 is 0 Å². The van der Waals surface area contributed by atoms with Crippen LogP contribution in [0.5, 0.6) is 0 Å². The molecule has 1 unspecified atom stereocenters. The van der Waals surface area contributed by atoms with Gasteiger partial charge in [-0.25, -0.2) is 13.1 Å². The number of aromatic nitrogens is 3. The van der Waals surface area contributed by atoms with Crippen molar-refractivity contribution in [2.24, 2.45) is 0 Å². The number of carbonyl (C=O) groups is 1. The quantitative estimate of drug-likeness (QED) is 0.830. The highest BCUT2D eigenvalue weighted by Crippen LogP contribution is 2.19. The van der Waals surface area contributed by atoms with Gasteiger partial charge in [-0.3, -0.25) is 4.79 Å². The number of hydrogen-bond donors (Lipinski definition) is 0. The van der Waals surface area contributed by atoms with Gasteiger partial charge in [0, 0.05) is 13.1 Å². The predicted molar refractivity (Wildman–Crippen MR) is 85.2 cm³/mol. The molecule has 3 rings (SSSR count). The van der Waals surface area contributed by atoms with E-state index in [2.05, 4.69) is 10.3 Å². The molecule has 1 fully saturated rings. The maximum Gasteiger partial charge on any atom is 0.276 e. The Labute approximate surface area is 134 Å². The lowest BCUT2D eigenvalue weighted by Crippen LogP contribution is -2.38. The first-order chi connectivity index (χ1) is 10.9. The first kappa shape index (κ1) is 15.7. The first-order valence-electron chi connectivity index (χ1n) is 7.34. The molecule has 1 aliphatic heterocycles. The molecule has 2 aromatic rings. The summed E-state index contributed by atoms with van der Waals surface area (Å²) >= 11 is 0. The molecular weight excluding hydrogens is 316 g/mol. The Kier molecular flexibility index (Phi) is 3.93. The topological polar surface area (TPSA) is 85.2 Å². The Hall–Kier alpha value is -2.22. The van der Waals surface area contributed by atoms with Crippen LogP contribution in [0.25, 0.3) is 5.69 Å². The van der Waals surface area contributed by atoms with Crippen molar-refractivity contribution in [3.8, 4) is 5.69 Å². The fourth-order valence-corrected chi connectivity index (χ4v) is 4.53. The van der Waals surface area contributed by atoms with E-state index in [-0.39, 0.29) is 29.1 Å². The van der Waals surface area contributed by atoms with E-state index in [1.54, 1.807) is 18.7 Å². The van der Waals surface area contributed by atoms with Crippen LogP contribution in [-0.2, 0) is 9.84 Å². The summed E-state index contributed by atoms with van der Waals surface area (Å²) in [5, 5.41) is 8.04. The minimum atomic E-state index is -3.04. The third-order valence-electron chi connectivity index (χ3n) is 4.17. The summed E-state index contributed by atoms with van der Waals surface area (Å²) in [5.41, 5.74) is 1.71. The smallest absolute Gasteiger partial charge is 0.276 e. The van der Waals surface area contributed by atoms with E-state index >= 15 is 0 Å². The van der Waals surface area contributed by atoms with Crippen molar-refractivity contribution in [3.63, 3.8) is 0 Å². The molecule has 0 aliphatic carbocycles. The molecule has 0 bridgehead atoms. The maximum atomic E-state index is 12.6. The van der Waals surface area contributed by atoms with Gasteiger partial charge in [-0.15, -0.1) is 5.10 Å². The average Bonchev–Trinajstić information content (AvgIpc) is 3.09. The Balaban J connectivity index is 1.85.